The van der Waals surface area contributed by atoms with Gasteiger partial charge in [-0.05, 0) is 49.6 Å². The lowest BCUT2D eigenvalue weighted by Crippen LogP contribution is -2.45. The molecule has 3 rings (SSSR count). The Morgan fingerprint density at radius 3 is 2.73 bits per heavy atom. The van der Waals surface area contributed by atoms with Gasteiger partial charge in [0.1, 0.15) is 5.82 Å². The van der Waals surface area contributed by atoms with Crippen LogP contribution in [0.15, 0.2) is 53.4 Å². The number of hydrogen-bond donors (Lipinski definition) is 1. The smallest absolute Gasteiger partial charge is 0.243 e. The van der Waals surface area contributed by atoms with Crippen molar-refractivity contribution in [1.29, 1.82) is 0 Å². The van der Waals surface area contributed by atoms with Crippen molar-refractivity contribution in [1.82, 2.24) is 9.62 Å². The molecule has 1 aliphatic rings. The number of nitrogens with zero attached hydrogens (tertiary/aromatic N) is 1. The van der Waals surface area contributed by atoms with Crippen LogP contribution in [0, 0.1) is 18.7 Å². The van der Waals surface area contributed by atoms with Gasteiger partial charge in [-0.3, -0.25) is 4.79 Å². The van der Waals surface area contributed by atoms with Gasteiger partial charge < -0.3 is 5.32 Å². The van der Waals surface area contributed by atoms with E-state index in [1.165, 1.54) is 27.6 Å². The zero-order valence-corrected chi connectivity index (χ0v) is 18.6. The minimum Gasteiger partial charge on any atom is -0.355 e. The fourth-order valence-electron chi connectivity index (χ4n) is 3.51. The molecule has 2 aromatic carbocycles. The van der Waals surface area contributed by atoms with E-state index < -0.39 is 15.8 Å². The summed E-state index contributed by atoms with van der Waals surface area (Å²) in [5, 5.41) is 2.94. The Morgan fingerprint density at radius 1 is 1.23 bits per heavy atom. The van der Waals surface area contributed by atoms with E-state index in [4.69, 9.17) is 0 Å². The molecular weight excluding hydrogens is 423 g/mol. The van der Waals surface area contributed by atoms with E-state index in [2.05, 4.69) is 30.4 Å². The highest BCUT2D eigenvalue weighted by Gasteiger charge is 2.33. The van der Waals surface area contributed by atoms with Gasteiger partial charge in [-0.1, -0.05) is 29.8 Å². The Labute approximate surface area is 182 Å². The molecule has 8 heteroatoms. The third-order valence-electron chi connectivity index (χ3n) is 5.10. The molecule has 0 radical (unpaired) electrons. The molecule has 1 N–H and O–H groups in total. The Morgan fingerprint density at radius 2 is 2.00 bits per heavy atom. The van der Waals surface area contributed by atoms with Crippen molar-refractivity contribution in [3.8, 4) is 0 Å². The van der Waals surface area contributed by atoms with E-state index in [1.54, 1.807) is 11.8 Å². The Hall–Kier alpha value is -1.90. The van der Waals surface area contributed by atoms with Crippen molar-refractivity contribution in [2.75, 3.05) is 25.4 Å². The molecular formula is C22H27FN2O3S2. The maximum Gasteiger partial charge on any atom is 0.243 e. The van der Waals surface area contributed by atoms with Crippen LogP contribution in [0.5, 0.6) is 0 Å². The summed E-state index contributed by atoms with van der Waals surface area (Å²) in [6.45, 7) is 3.15. The molecule has 1 atom stereocenters. The first-order valence-electron chi connectivity index (χ1n) is 10.0. The summed E-state index contributed by atoms with van der Waals surface area (Å²) < 4.78 is 40.0. The monoisotopic (exact) mass is 450 g/mol. The lowest BCUT2D eigenvalue weighted by molar-refractivity contribution is -0.125. The first kappa shape index (κ1) is 22.8. The molecule has 30 heavy (non-hydrogen) atoms. The van der Waals surface area contributed by atoms with Crippen molar-refractivity contribution in [3.63, 3.8) is 0 Å². The predicted octanol–water partition coefficient (Wildman–Crippen LogP) is 3.58. The van der Waals surface area contributed by atoms with Crippen LogP contribution in [0.4, 0.5) is 4.39 Å². The number of carbonyl (C=O) groups is 1. The SMILES string of the molecule is Cc1cccc(CSCCNC(=O)[C@H]2CCCN(S(=O)(=O)c3ccc(F)cc3)C2)c1. The quantitative estimate of drug-likeness (QED) is 0.625. The average Bonchev–Trinajstić information content (AvgIpc) is 2.74. The first-order chi connectivity index (χ1) is 14.4. The molecule has 0 aromatic heterocycles. The molecule has 0 unspecified atom stereocenters. The summed E-state index contributed by atoms with van der Waals surface area (Å²) in [7, 11) is -3.73. The van der Waals surface area contributed by atoms with Crippen LogP contribution >= 0.6 is 11.8 Å². The predicted molar refractivity (Wildman–Crippen MR) is 118 cm³/mol. The number of aryl methyl sites for hydroxylation is 1. The van der Waals surface area contributed by atoms with E-state index in [0.717, 1.165) is 23.6 Å². The van der Waals surface area contributed by atoms with Gasteiger partial charge in [-0.15, -0.1) is 0 Å². The molecule has 5 nitrogen and oxygen atoms in total. The zero-order chi connectivity index (χ0) is 21.6. The number of sulfonamides is 1. The van der Waals surface area contributed by atoms with Crippen LogP contribution in [-0.4, -0.2) is 44.0 Å². The van der Waals surface area contributed by atoms with Gasteiger partial charge in [0.25, 0.3) is 0 Å². The molecule has 0 spiro atoms. The summed E-state index contributed by atoms with van der Waals surface area (Å²) in [4.78, 5) is 12.6. The lowest BCUT2D eigenvalue weighted by atomic mass is 9.99. The molecule has 1 fully saturated rings. The molecule has 0 saturated carbocycles. The highest BCUT2D eigenvalue weighted by Crippen LogP contribution is 2.24. The fourth-order valence-corrected chi connectivity index (χ4v) is 5.84. The van der Waals surface area contributed by atoms with Crippen LogP contribution in [0.2, 0.25) is 0 Å². The van der Waals surface area contributed by atoms with Gasteiger partial charge in [-0.25, -0.2) is 12.8 Å². The number of hydrogen-bond acceptors (Lipinski definition) is 4. The zero-order valence-electron chi connectivity index (χ0n) is 17.0. The number of piperidine rings is 1. The minimum atomic E-state index is -3.73. The van der Waals surface area contributed by atoms with Crippen LogP contribution in [0.25, 0.3) is 0 Å². The number of nitrogens with one attached hydrogen (secondary N) is 1. The highest BCUT2D eigenvalue weighted by atomic mass is 32.2. The third kappa shape index (κ3) is 6.06. The summed E-state index contributed by atoms with van der Waals surface area (Å²) in [6.07, 6.45) is 1.29. The molecule has 0 aliphatic carbocycles. The van der Waals surface area contributed by atoms with Gasteiger partial charge >= 0.3 is 0 Å². The topological polar surface area (TPSA) is 66.5 Å². The van der Waals surface area contributed by atoms with Crippen molar-refractivity contribution < 1.29 is 17.6 Å². The average molecular weight is 451 g/mol. The van der Waals surface area contributed by atoms with Crippen LogP contribution in [0.3, 0.4) is 0 Å². The van der Waals surface area contributed by atoms with Gasteiger partial charge in [0.05, 0.1) is 10.8 Å². The normalized spacial score (nSPS) is 17.6. The summed E-state index contributed by atoms with van der Waals surface area (Å²) in [5.74, 6) is 0.736. The second-order valence-electron chi connectivity index (χ2n) is 7.49. The number of halogens is 1. The van der Waals surface area contributed by atoms with Crippen LogP contribution < -0.4 is 5.32 Å². The Bertz CT molecular complexity index is 965. The van der Waals surface area contributed by atoms with E-state index in [0.29, 0.717) is 25.9 Å². The van der Waals surface area contributed by atoms with E-state index in [-0.39, 0.29) is 23.3 Å². The van der Waals surface area contributed by atoms with E-state index in [9.17, 15) is 17.6 Å². The second-order valence-corrected chi connectivity index (χ2v) is 10.5. The second kappa shape index (κ2) is 10.4. The van der Waals surface area contributed by atoms with E-state index >= 15 is 0 Å². The van der Waals surface area contributed by atoms with Gasteiger partial charge in [0, 0.05) is 31.1 Å². The molecule has 1 amide bonds. The minimum absolute atomic E-state index is 0.0532. The number of rotatable bonds is 8. The molecule has 1 saturated heterocycles. The maximum atomic E-state index is 13.1. The largest absolute Gasteiger partial charge is 0.355 e. The molecule has 162 valence electrons. The highest BCUT2D eigenvalue weighted by molar-refractivity contribution is 7.98. The Kier molecular flexibility index (Phi) is 7.91. The number of thioether (sulfide) groups is 1. The molecule has 1 heterocycles. The number of benzene rings is 2. The summed E-state index contributed by atoms with van der Waals surface area (Å²) in [5.41, 5.74) is 2.50. The van der Waals surface area contributed by atoms with Crippen LogP contribution in [0.1, 0.15) is 24.0 Å². The van der Waals surface area contributed by atoms with Crippen molar-refractivity contribution in [2.45, 2.75) is 30.4 Å². The van der Waals surface area contributed by atoms with Gasteiger partial charge in [0.15, 0.2) is 0 Å². The van der Waals surface area contributed by atoms with Gasteiger partial charge in [0.2, 0.25) is 15.9 Å². The molecule has 2 aromatic rings. The first-order valence-corrected chi connectivity index (χ1v) is 12.6. The Balaban J connectivity index is 1.46. The number of amides is 1. The van der Waals surface area contributed by atoms with Crippen molar-refractivity contribution in [3.05, 3.63) is 65.5 Å². The maximum absolute atomic E-state index is 13.1. The molecule has 1 aliphatic heterocycles. The molecule has 0 bridgehead atoms. The van der Waals surface area contributed by atoms with Crippen molar-refractivity contribution in [2.24, 2.45) is 5.92 Å². The fraction of sp³-hybridized carbons (Fsp3) is 0.409. The standard InChI is InChI=1S/C22H27FN2O3S2/c1-17-4-2-5-18(14-17)16-29-13-11-24-22(26)19-6-3-12-25(15-19)30(27,28)21-9-7-20(23)8-10-21/h2,4-5,7-10,14,19H,3,6,11-13,15-16H2,1H3,(H,24,26)/t19-/m0/s1. The summed E-state index contributed by atoms with van der Waals surface area (Å²) >= 11 is 1.76. The summed E-state index contributed by atoms with van der Waals surface area (Å²) in [6, 6.07) is 13.2. The van der Waals surface area contributed by atoms with Crippen LogP contribution in [-0.2, 0) is 20.6 Å². The third-order valence-corrected chi connectivity index (χ3v) is 8.01. The van der Waals surface area contributed by atoms with Gasteiger partial charge in [-0.2, -0.15) is 16.1 Å². The van der Waals surface area contributed by atoms with E-state index in [1.807, 2.05) is 6.07 Å². The van der Waals surface area contributed by atoms with Crippen molar-refractivity contribution >= 4 is 27.7 Å². The lowest BCUT2D eigenvalue weighted by Gasteiger charge is -2.31. The number of carbonyl (C=O) groups excluding carboxylic acids is 1.